The summed E-state index contributed by atoms with van der Waals surface area (Å²) in [5, 5.41) is 6.87. The fourth-order valence-corrected chi connectivity index (χ4v) is 2.62. The Morgan fingerprint density at radius 2 is 1.95 bits per heavy atom. The van der Waals surface area contributed by atoms with E-state index in [1.165, 1.54) is 12.0 Å². The van der Waals surface area contributed by atoms with Crippen molar-refractivity contribution in [1.82, 2.24) is 15.2 Å². The first-order chi connectivity index (χ1) is 10.4. The molecule has 2 N–H and O–H groups in total. The van der Waals surface area contributed by atoms with E-state index < -0.39 is 0 Å². The van der Waals surface area contributed by atoms with Crippen molar-refractivity contribution in [2.24, 2.45) is 4.99 Å². The van der Waals surface area contributed by atoms with Gasteiger partial charge in [-0.1, -0.05) is 30.3 Å². The number of hydrogen-bond donors (Lipinski definition) is 2. The Morgan fingerprint density at radius 1 is 1.19 bits per heavy atom. The molecule has 4 nitrogen and oxygen atoms in total. The van der Waals surface area contributed by atoms with Crippen LogP contribution in [0, 0.1) is 0 Å². The minimum absolute atomic E-state index is 0.505. The van der Waals surface area contributed by atoms with Gasteiger partial charge in [-0.15, -0.1) is 0 Å². The third-order valence-electron chi connectivity index (χ3n) is 3.89. The fraction of sp³-hybridized carbons (Fsp3) is 0.353. The van der Waals surface area contributed by atoms with E-state index in [2.05, 4.69) is 62.9 Å². The molecule has 4 heteroatoms. The molecule has 1 aromatic carbocycles. The second-order valence-corrected chi connectivity index (χ2v) is 5.42. The highest BCUT2D eigenvalue weighted by Gasteiger charge is 2.38. The molecule has 0 spiro atoms. The average molecular weight is 282 g/mol. The molecule has 1 aliphatic carbocycles. The predicted octanol–water partition coefficient (Wildman–Crippen LogP) is 2.21. The number of benzene rings is 1. The molecule has 0 bridgehead atoms. The van der Waals surface area contributed by atoms with E-state index in [-0.39, 0.29) is 0 Å². The van der Waals surface area contributed by atoms with Crippen molar-refractivity contribution in [2.75, 3.05) is 13.6 Å². The van der Waals surface area contributed by atoms with Crippen LogP contribution in [0.2, 0.25) is 0 Å². The standard InChI is InChI=1S/C17H22N4/c1-18-17(19-9-12-21-10-5-6-11-21)20-16-13-15(16)14-7-3-2-4-8-14/h2-8,10-11,15-16H,9,12-13H2,1H3,(H2,18,19,20). The van der Waals surface area contributed by atoms with E-state index in [1.807, 2.05) is 19.2 Å². The Labute approximate surface area is 125 Å². The Balaban J connectivity index is 1.44. The normalized spacial score (nSPS) is 21.1. The molecule has 21 heavy (non-hydrogen) atoms. The third kappa shape index (κ3) is 3.66. The quantitative estimate of drug-likeness (QED) is 0.652. The topological polar surface area (TPSA) is 41.4 Å². The van der Waals surface area contributed by atoms with Crippen molar-refractivity contribution >= 4 is 5.96 Å². The Hall–Kier alpha value is -2.23. The van der Waals surface area contributed by atoms with Crippen molar-refractivity contribution < 1.29 is 0 Å². The summed E-state index contributed by atoms with van der Waals surface area (Å²) in [4.78, 5) is 4.30. The maximum atomic E-state index is 4.30. The van der Waals surface area contributed by atoms with Crippen LogP contribution in [-0.2, 0) is 6.54 Å². The predicted molar refractivity (Wildman–Crippen MR) is 86.5 cm³/mol. The van der Waals surface area contributed by atoms with Crippen molar-refractivity contribution in [3.8, 4) is 0 Å². The Bertz CT molecular complexity index is 574. The number of aromatic nitrogens is 1. The van der Waals surface area contributed by atoms with Crippen LogP contribution in [-0.4, -0.2) is 30.2 Å². The lowest BCUT2D eigenvalue weighted by atomic mass is 10.1. The monoisotopic (exact) mass is 282 g/mol. The number of nitrogens with zero attached hydrogens (tertiary/aromatic N) is 2. The molecular formula is C17H22N4. The minimum atomic E-state index is 0.505. The van der Waals surface area contributed by atoms with Gasteiger partial charge in [-0.2, -0.15) is 0 Å². The van der Waals surface area contributed by atoms with Gasteiger partial charge in [0.25, 0.3) is 0 Å². The second kappa shape index (κ2) is 6.48. The molecule has 2 atom stereocenters. The second-order valence-electron chi connectivity index (χ2n) is 5.42. The lowest BCUT2D eigenvalue weighted by Gasteiger charge is -2.12. The summed E-state index contributed by atoms with van der Waals surface area (Å²) in [5.74, 6) is 1.51. The van der Waals surface area contributed by atoms with Gasteiger partial charge in [0.1, 0.15) is 0 Å². The summed E-state index contributed by atoms with van der Waals surface area (Å²) < 4.78 is 2.16. The minimum Gasteiger partial charge on any atom is -0.355 e. The van der Waals surface area contributed by atoms with Gasteiger partial charge in [0.2, 0.25) is 0 Å². The number of rotatable bonds is 5. The number of nitrogens with one attached hydrogen (secondary N) is 2. The number of aliphatic imine (C=N–C) groups is 1. The van der Waals surface area contributed by atoms with Gasteiger partial charge in [-0.3, -0.25) is 4.99 Å². The van der Waals surface area contributed by atoms with Crippen LogP contribution in [0.15, 0.2) is 59.9 Å². The van der Waals surface area contributed by atoms with Gasteiger partial charge in [-0.25, -0.2) is 0 Å². The fourth-order valence-electron chi connectivity index (χ4n) is 2.62. The van der Waals surface area contributed by atoms with E-state index in [4.69, 9.17) is 0 Å². The van der Waals surface area contributed by atoms with Gasteiger partial charge >= 0.3 is 0 Å². The molecule has 0 amide bonds. The van der Waals surface area contributed by atoms with Crippen molar-refractivity contribution in [3.05, 3.63) is 60.4 Å². The largest absolute Gasteiger partial charge is 0.355 e. The van der Waals surface area contributed by atoms with Crippen LogP contribution >= 0.6 is 0 Å². The lowest BCUT2D eigenvalue weighted by Crippen LogP contribution is -2.40. The molecule has 0 saturated heterocycles. The summed E-state index contributed by atoms with van der Waals surface area (Å²) in [6, 6.07) is 15.3. The smallest absolute Gasteiger partial charge is 0.191 e. The van der Waals surface area contributed by atoms with E-state index in [9.17, 15) is 0 Å². The summed E-state index contributed by atoms with van der Waals surface area (Å²) in [6.45, 7) is 1.82. The highest BCUT2D eigenvalue weighted by Crippen LogP contribution is 2.40. The zero-order chi connectivity index (χ0) is 14.5. The Morgan fingerprint density at radius 3 is 2.67 bits per heavy atom. The zero-order valence-electron chi connectivity index (χ0n) is 12.4. The molecule has 3 rings (SSSR count). The highest BCUT2D eigenvalue weighted by molar-refractivity contribution is 5.80. The molecule has 110 valence electrons. The first kappa shape index (κ1) is 13.7. The van der Waals surface area contributed by atoms with Crippen LogP contribution in [0.5, 0.6) is 0 Å². The van der Waals surface area contributed by atoms with E-state index in [0.29, 0.717) is 12.0 Å². The SMILES string of the molecule is CN=C(NCCn1cccc1)NC1CC1c1ccccc1. The van der Waals surface area contributed by atoms with Gasteiger partial charge in [0, 0.05) is 44.5 Å². The molecule has 2 aromatic rings. The van der Waals surface area contributed by atoms with Crippen LogP contribution in [0.1, 0.15) is 17.9 Å². The van der Waals surface area contributed by atoms with Crippen LogP contribution in [0.3, 0.4) is 0 Å². The van der Waals surface area contributed by atoms with Gasteiger partial charge in [0.15, 0.2) is 5.96 Å². The van der Waals surface area contributed by atoms with Gasteiger partial charge < -0.3 is 15.2 Å². The zero-order valence-corrected chi connectivity index (χ0v) is 12.4. The Kier molecular flexibility index (Phi) is 4.24. The maximum absolute atomic E-state index is 4.30. The molecule has 1 aliphatic rings. The lowest BCUT2D eigenvalue weighted by molar-refractivity contribution is 0.664. The van der Waals surface area contributed by atoms with Crippen LogP contribution in [0.25, 0.3) is 0 Å². The highest BCUT2D eigenvalue weighted by atomic mass is 15.2. The summed E-state index contributed by atoms with van der Waals surface area (Å²) in [6.07, 6.45) is 5.33. The van der Waals surface area contributed by atoms with Gasteiger partial charge in [-0.05, 0) is 24.1 Å². The average Bonchev–Trinajstić information content (AvgIpc) is 3.10. The third-order valence-corrected chi connectivity index (χ3v) is 3.89. The summed E-state index contributed by atoms with van der Waals surface area (Å²) in [5.41, 5.74) is 1.41. The molecule has 1 heterocycles. The number of guanidine groups is 1. The first-order valence-electron chi connectivity index (χ1n) is 7.49. The molecular weight excluding hydrogens is 260 g/mol. The van der Waals surface area contributed by atoms with Crippen molar-refractivity contribution in [2.45, 2.75) is 24.9 Å². The molecule has 1 fully saturated rings. The van der Waals surface area contributed by atoms with E-state index >= 15 is 0 Å². The summed E-state index contributed by atoms with van der Waals surface area (Å²) in [7, 11) is 1.82. The molecule has 0 aliphatic heterocycles. The van der Waals surface area contributed by atoms with Gasteiger partial charge in [0.05, 0.1) is 0 Å². The molecule has 1 saturated carbocycles. The van der Waals surface area contributed by atoms with Crippen LogP contribution < -0.4 is 10.6 Å². The first-order valence-corrected chi connectivity index (χ1v) is 7.49. The molecule has 1 aromatic heterocycles. The molecule has 2 unspecified atom stereocenters. The van der Waals surface area contributed by atoms with E-state index in [1.54, 1.807) is 0 Å². The summed E-state index contributed by atoms with van der Waals surface area (Å²) >= 11 is 0. The van der Waals surface area contributed by atoms with Crippen LogP contribution in [0.4, 0.5) is 0 Å². The number of hydrogen-bond acceptors (Lipinski definition) is 1. The van der Waals surface area contributed by atoms with E-state index in [0.717, 1.165) is 19.0 Å². The van der Waals surface area contributed by atoms with Crippen molar-refractivity contribution in [3.63, 3.8) is 0 Å². The molecule has 0 radical (unpaired) electrons. The van der Waals surface area contributed by atoms with Crippen molar-refractivity contribution in [1.29, 1.82) is 0 Å². The maximum Gasteiger partial charge on any atom is 0.191 e.